The highest BCUT2D eigenvalue weighted by Gasteiger charge is 2.28. The van der Waals surface area contributed by atoms with Crippen LogP contribution in [0.2, 0.25) is 0 Å². The van der Waals surface area contributed by atoms with Crippen LogP contribution in [0, 0.1) is 24.2 Å². The number of ether oxygens (including phenoxy) is 1. The Kier molecular flexibility index (Phi) is 4.61. The molecule has 0 spiro atoms. The number of esters is 1. The van der Waals surface area contributed by atoms with E-state index >= 15 is 0 Å². The van der Waals surface area contributed by atoms with Gasteiger partial charge >= 0.3 is 5.97 Å². The standard InChI is InChI=1S/C18H20N4O2/c1-3-24-18(23)13-6-8-22(9-7-13)17-14-10-12(2)4-5-15(14)20-21-16(17)11-19/h4-5,10,13H,3,6-9H2,1-2H3. The zero-order valence-electron chi connectivity index (χ0n) is 14.0. The monoisotopic (exact) mass is 324 g/mol. The second kappa shape index (κ2) is 6.83. The topological polar surface area (TPSA) is 79.1 Å². The Morgan fingerprint density at radius 3 is 2.79 bits per heavy atom. The highest BCUT2D eigenvalue weighted by atomic mass is 16.5. The number of aryl methyl sites for hydroxylation is 1. The number of fused-ring (bicyclic) bond motifs is 1. The Balaban J connectivity index is 1.91. The number of carbonyl (C=O) groups excluding carboxylic acids is 1. The normalized spacial score (nSPS) is 15.3. The molecular weight excluding hydrogens is 304 g/mol. The molecule has 6 nitrogen and oxygen atoms in total. The Labute approximate surface area is 141 Å². The van der Waals surface area contributed by atoms with Crippen LogP contribution in [0.4, 0.5) is 5.69 Å². The second-order valence-electron chi connectivity index (χ2n) is 6.04. The van der Waals surface area contributed by atoms with Gasteiger partial charge in [-0.1, -0.05) is 11.6 Å². The SMILES string of the molecule is CCOC(=O)C1CCN(c2c(C#N)nnc3ccc(C)cc23)CC1. The molecule has 0 bridgehead atoms. The van der Waals surface area contributed by atoms with Crippen molar-refractivity contribution in [2.75, 3.05) is 24.6 Å². The van der Waals surface area contributed by atoms with Crippen LogP contribution in [0.1, 0.15) is 31.0 Å². The molecule has 0 unspecified atom stereocenters. The van der Waals surface area contributed by atoms with E-state index in [1.165, 1.54) is 0 Å². The fourth-order valence-corrected chi connectivity index (χ4v) is 3.20. The maximum absolute atomic E-state index is 11.9. The molecule has 24 heavy (non-hydrogen) atoms. The van der Waals surface area contributed by atoms with Crippen LogP contribution in [0.25, 0.3) is 10.9 Å². The van der Waals surface area contributed by atoms with Gasteiger partial charge in [-0.2, -0.15) is 5.26 Å². The van der Waals surface area contributed by atoms with Gasteiger partial charge in [0.15, 0.2) is 5.69 Å². The van der Waals surface area contributed by atoms with Crippen LogP contribution in [0.5, 0.6) is 0 Å². The van der Waals surface area contributed by atoms with Crippen LogP contribution in [-0.4, -0.2) is 35.9 Å². The number of piperidine rings is 1. The summed E-state index contributed by atoms with van der Waals surface area (Å²) in [4.78, 5) is 14.0. The number of nitrogens with zero attached hydrogens (tertiary/aromatic N) is 4. The lowest BCUT2D eigenvalue weighted by molar-refractivity contribution is -0.148. The van der Waals surface area contributed by atoms with Gasteiger partial charge in [-0.3, -0.25) is 4.79 Å². The minimum Gasteiger partial charge on any atom is -0.466 e. The third-order valence-corrected chi connectivity index (χ3v) is 4.43. The number of rotatable bonds is 3. The summed E-state index contributed by atoms with van der Waals surface area (Å²) in [5.41, 5.74) is 3.06. The molecule has 0 amide bonds. The van der Waals surface area contributed by atoms with Gasteiger partial charge in [-0.25, -0.2) is 0 Å². The number of hydrogen-bond donors (Lipinski definition) is 0. The Bertz CT molecular complexity index is 805. The highest BCUT2D eigenvalue weighted by molar-refractivity contribution is 5.94. The molecule has 0 radical (unpaired) electrons. The van der Waals surface area contributed by atoms with E-state index in [1.54, 1.807) is 0 Å². The van der Waals surface area contributed by atoms with Gasteiger partial charge in [-0.05, 0) is 38.8 Å². The Hall–Kier alpha value is -2.68. The number of nitriles is 1. The number of anilines is 1. The van der Waals surface area contributed by atoms with Crippen molar-refractivity contribution in [2.24, 2.45) is 5.92 Å². The maximum atomic E-state index is 11.9. The van der Waals surface area contributed by atoms with Crippen molar-refractivity contribution >= 4 is 22.6 Å². The van der Waals surface area contributed by atoms with Gasteiger partial charge in [0.25, 0.3) is 0 Å². The average molecular weight is 324 g/mol. The van der Waals surface area contributed by atoms with Crippen molar-refractivity contribution in [2.45, 2.75) is 26.7 Å². The van der Waals surface area contributed by atoms with Crippen LogP contribution < -0.4 is 4.90 Å². The molecule has 2 aromatic rings. The second-order valence-corrected chi connectivity index (χ2v) is 6.04. The van der Waals surface area contributed by atoms with Crippen molar-refractivity contribution in [1.82, 2.24) is 10.2 Å². The first kappa shape index (κ1) is 16.2. The molecule has 0 aliphatic carbocycles. The molecule has 124 valence electrons. The quantitative estimate of drug-likeness (QED) is 0.807. The van der Waals surface area contributed by atoms with Crippen molar-refractivity contribution < 1.29 is 9.53 Å². The Morgan fingerprint density at radius 2 is 2.12 bits per heavy atom. The lowest BCUT2D eigenvalue weighted by atomic mass is 9.96. The van der Waals surface area contributed by atoms with Crippen molar-refractivity contribution in [3.05, 3.63) is 29.5 Å². The first-order valence-electron chi connectivity index (χ1n) is 8.22. The van der Waals surface area contributed by atoms with E-state index in [2.05, 4.69) is 21.2 Å². The van der Waals surface area contributed by atoms with Crippen molar-refractivity contribution in [1.29, 1.82) is 5.26 Å². The van der Waals surface area contributed by atoms with Gasteiger partial charge in [0.1, 0.15) is 6.07 Å². The molecule has 3 rings (SSSR count). The summed E-state index contributed by atoms with van der Waals surface area (Å²) in [5, 5.41) is 18.6. The minimum absolute atomic E-state index is 0.0606. The van der Waals surface area contributed by atoms with E-state index in [4.69, 9.17) is 4.74 Å². The zero-order valence-corrected chi connectivity index (χ0v) is 14.0. The predicted molar refractivity (Wildman–Crippen MR) is 90.6 cm³/mol. The van der Waals surface area contributed by atoms with Crippen LogP contribution in [0.15, 0.2) is 18.2 Å². The summed E-state index contributed by atoms with van der Waals surface area (Å²) < 4.78 is 5.12. The van der Waals surface area contributed by atoms with Gasteiger partial charge in [-0.15, -0.1) is 10.2 Å². The summed E-state index contributed by atoms with van der Waals surface area (Å²) in [6.07, 6.45) is 1.44. The van der Waals surface area contributed by atoms with Gasteiger partial charge in [0.05, 0.1) is 23.7 Å². The molecule has 1 aromatic heterocycles. The van der Waals surface area contributed by atoms with Gasteiger partial charge < -0.3 is 9.64 Å². The number of carbonyl (C=O) groups is 1. The summed E-state index contributed by atoms with van der Waals surface area (Å²) in [7, 11) is 0. The molecule has 6 heteroatoms. The maximum Gasteiger partial charge on any atom is 0.309 e. The molecule has 0 saturated carbocycles. The van der Waals surface area contributed by atoms with Crippen molar-refractivity contribution in [3.63, 3.8) is 0 Å². The molecular formula is C18H20N4O2. The first-order valence-corrected chi connectivity index (χ1v) is 8.22. The lowest BCUT2D eigenvalue weighted by Crippen LogP contribution is -2.37. The van der Waals surface area contributed by atoms with E-state index in [0.29, 0.717) is 25.4 Å². The predicted octanol–water partition coefficient (Wildman–Crippen LogP) is 2.59. The van der Waals surface area contributed by atoms with Crippen molar-refractivity contribution in [3.8, 4) is 6.07 Å². The molecule has 1 fully saturated rings. The first-order chi connectivity index (χ1) is 11.6. The number of benzene rings is 1. The smallest absolute Gasteiger partial charge is 0.309 e. The van der Waals surface area contributed by atoms with Crippen LogP contribution in [0.3, 0.4) is 0 Å². The number of hydrogen-bond acceptors (Lipinski definition) is 6. The average Bonchev–Trinajstić information content (AvgIpc) is 2.61. The van der Waals surface area contributed by atoms with E-state index in [-0.39, 0.29) is 11.9 Å². The lowest BCUT2D eigenvalue weighted by Gasteiger charge is -2.33. The molecule has 2 heterocycles. The highest BCUT2D eigenvalue weighted by Crippen LogP contribution is 2.32. The molecule has 1 aromatic carbocycles. The van der Waals surface area contributed by atoms with E-state index in [0.717, 1.165) is 35.0 Å². The van der Waals surface area contributed by atoms with Crippen LogP contribution >= 0.6 is 0 Å². The zero-order chi connectivity index (χ0) is 17.1. The fourth-order valence-electron chi connectivity index (χ4n) is 3.20. The van der Waals surface area contributed by atoms with Gasteiger partial charge in [0, 0.05) is 18.5 Å². The molecule has 1 saturated heterocycles. The fraction of sp³-hybridized carbons (Fsp3) is 0.444. The third kappa shape index (κ3) is 3.02. The minimum atomic E-state index is -0.119. The summed E-state index contributed by atoms with van der Waals surface area (Å²) in [5.74, 6) is -0.180. The summed E-state index contributed by atoms with van der Waals surface area (Å²) >= 11 is 0. The summed E-state index contributed by atoms with van der Waals surface area (Å²) in [6, 6.07) is 8.10. The third-order valence-electron chi connectivity index (χ3n) is 4.43. The van der Waals surface area contributed by atoms with Crippen LogP contribution in [-0.2, 0) is 9.53 Å². The van der Waals surface area contributed by atoms with Gasteiger partial charge in [0.2, 0.25) is 0 Å². The molecule has 1 aliphatic heterocycles. The number of aromatic nitrogens is 2. The molecule has 1 aliphatic rings. The van der Waals surface area contributed by atoms with E-state index < -0.39 is 0 Å². The molecule has 0 N–H and O–H groups in total. The molecule has 0 atom stereocenters. The van der Waals surface area contributed by atoms with E-state index in [1.807, 2.05) is 32.0 Å². The largest absolute Gasteiger partial charge is 0.466 e. The Morgan fingerprint density at radius 1 is 1.38 bits per heavy atom. The summed E-state index contributed by atoms with van der Waals surface area (Å²) in [6.45, 7) is 5.65. The van der Waals surface area contributed by atoms with E-state index in [9.17, 15) is 10.1 Å².